The van der Waals surface area contributed by atoms with Gasteiger partial charge in [0, 0.05) is 6.20 Å². The van der Waals surface area contributed by atoms with Gasteiger partial charge in [0.1, 0.15) is 6.04 Å². The molecule has 8 nitrogen and oxygen atoms in total. The molecule has 0 aliphatic heterocycles. The number of hydrogen-bond acceptors (Lipinski definition) is 5. The Labute approximate surface area is 154 Å². The van der Waals surface area contributed by atoms with Crippen LogP contribution in [0.25, 0.3) is 22.1 Å². The minimum atomic E-state index is -3.79. The first-order valence-corrected chi connectivity index (χ1v) is 10.3. The topological polar surface area (TPSA) is 93.0 Å². The Balaban J connectivity index is 1.79. The van der Waals surface area contributed by atoms with Crippen molar-refractivity contribution in [3.05, 3.63) is 53.7 Å². The number of fused-ring (bicyclic) bond motifs is 3. The molecule has 0 bridgehead atoms. The van der Waals surface area contributed by atoms with Gasteiger partial charge >= 0.3 is 0 Å². The van der Waals surface area contributed by atoms with Crippen LogP contribution in [0.1, 0.15) is 31.7 Å². The average Bonchev–Trinajstić information content (AvgIpc) is 3.40. The van der Waals surface area contributed by atoms with E-state index in [0.717, 1.165) is 29.7 Å². The van der Waals surface area contributed by atoms with Crippen LogP contribution in [0.5, 0.6) is 0 Å². The number of rotatable bonds is 3. The normalized spacial score (nSPS) is 15.9. The van der Waals surface area contributed by atoms with Gasteiger partial charge in [0.05, 0.1) is 16.5 Å². The van der Waals surface area contributed by atoms with Gasteiger partial charge in [0.2, 0.25) is 5.52 Å². The number of nitrogens with zero attached hydrogens (tertiary/aromatic N) is 4. The maximum atomic E-state index is 13.0. The summed E-state index contributed by atoms with van der Waals surface area (Å²) >= 11 is 0. The molecular formula is C18H17N4O4S+. The predicted molar refractivity (Wildman–Crippen MR) is 97.4 cm³/mol. The molecule has 0 amide bonds. The van der Waals surface area contributed by atoms with Crippen LogP contribution >= 0.6 is 0 Å². The van der Waals surface area contributed by atoms with E-state index in [0.29, 0.717) is 21.0 Å². The fourth-order valence-corrected chi connectivity index (χ4v) is 5.18. The Hall–Kier alpha value is -2.94. The number of pyridine rings is 1. The molecule has 0 unspecified atom stereocenters. The number of benzene rings is 1. The summed E-state index contributed by atoms with van der Waals surface area (Å²) < 4.78 is 34.7. The Kier molecular flexibility index (Phi) is 3.48. The van der Waals surface area contributed by atoms with E-state index in [-0.39, 0.29) is 16.6 Å². The molecule has 1 saturated carbocycles. The molecule has 1 aliphatic carbocycles. The summed E-state index contributed by atoms with van der Waals surface area (Å²) in [7, 11) is -3.79. The van der Waals surface area contributed by atoms with Crippen LogP contribution < -0.4 is 4.60 Å². The van der Waals surface area contributed by atoms with Gasteiger partial charge in [0.15, 0.2) is 10.2 Å². The van der Waals surface area contributed by atoms with Gasteiger partial charge in [-0.05, 0) is 48.8 Å². The van der Waals surface area contributed by atoms with Gasteiger partial charge in [0.25, 0.3) is 15.5 Å². The molecule has 3 aromatic heterocycles. The summed E-state index contributed by atoms with van der Waals surface area (Å²) in [6.07, 6.45) is 6.87. The molecule has 3 heterocycles. The molecule has 0 atom stereocenters. The van der Waals surface area contributed by atoms with Crippen LogP contribution in [-0.2, 0) is 10.0 Å². The van der Waals surface area contributed by atoms with E-state index < -0.39 is 10.0 Å². The Morgan fingerprint density at radius 1 is 1.11 bits per heavy atom. The van der Waals surface area contributed by atoms with E-state index in [9.17, 15) is 13.3 Å². The summed E-state index contributed by atoms with van der Waals surface area (Å²) in [4.78, 5) is 16.6. The third-order valence-corrected chi connectivity index (χ3v) is 6.85. The molecule has 9 heteroatoms. The molecule has 0 saturated heterocycles. The number of hydrogen-bond donors (Lipinski definition) is 0. The highest BCUT2D eigenvalue weighted by atomic mass is 32.2. The van der Waals surface area contributed by atoms with Gasteiger partial charge < -0.3 is 0 Å². The zero-order valence-electron chi connectivity index (χ0n) is 14.4. The third kappa shape index (κ3) is 2.34. The van der Waals surface area contributed by atoms with Crippen LogP contribution in [0.3, 0.4) is 0 Å². The molecule has 0 radical (unpaired) electrons. The van der Waals surface area contributed by atoms with Gasteiger partial charge in [-0.15, -0.1) is 0 Å². The van der Waals surface area contributed by atoms with Crippen LogP contribution in [0.4, 0.5) is 0 Å². The van der Waals surface area contributed by atoms with Crippen LogP contribution in [0.15, 0.2) is 58.3 Å². The minimum absolute atomic E-state index is 0.0994. The molecule has 1 aromatic carbocycles. The van der Waals surface area contributed by atoms with Gasteiger partial charge in [-0.3, -0.25) is 0 Å². The van der Waals surface area contributed by atoms with Crippen LogP contribution in [0, 0.1) is 4.91 Å². The maximum absolute atomic E-state index is 13.0. The van der Waals surface area contributed by atoms with Crippen molar-refractivity contribution in [3.8, 4) is 0 Å². The SMILES string of the molecule is O=[n+]1on(C2CCCC2)c2c3ccn(S(=O)(=O)c4ccccc4)c3ncc21. The maximum Gasteiger partial charge on any atom is 0.291 e. The first-order chi connectivity index (χ1) is 13.1. The molecule has 1 fully saturated rings. The highest BCUT2D eigenvalue weighted by Crippen LogP contribution is 2.34. The Bertz CT molecular complexity index is 1310. The lowest BCUT2D eigenvalue weighted by atomic mass is 10.2. The molecule has 1 aliphatic rings. The predicted octanol–water partition coefficient (Wildman–Crippen LogP) is 2.85. The average molecular weight is 385 g/mol. The van der Waals surface area contributed by atoms with Crippen molar-refractivity contribution < 1.29 is 17.6 Å². The van der Waals surface area contributed by atoms with Gasteiger partial charge in [-0.1, -0.05) is 27.6 Å². The second-order valence-electron chi connectivity index (χ2n) is 6.76. The van der Waals surface area contributed by atoms with E-state index >= 15 is 0 Å². The van der Waals surface area contributed by atoms with Gasteiger partial charge in [-0.25, -0.2) is 17.4 Å². The molecule has 138 valence electrons. The third-order valence-electron chi connectivity index (χ3n) is 5.17. The number of aromatic nitrogens is 4. The minimum Gasteiger partial charge on any atom is -0.232 e. The first-order valence-electron chi connectivity index (χ1n) is 8.82. The summed E-state index contributed by atoms with van der Waals surface area (Å²) in [5.74, 6) is 0. The molecule has 0 N–H and O–H groups in total. The fraction of sp³-hybridized carbons (Fsp3) is 0.278. The van der Waals surface area contributed by atoms with E-state index in [2.05, 4.69) is 4.98 Å². The lowest BCUT2D eigenvalue weighted by Gasteiger charge is -2.06. The van der Waals surface area contributed by atoms with Crippen molar-refractivity contribution >= 4 is 32.1 Å². The lowest BCUT2D eigenvalue weighted by molar-refractivity contribution is -0.699. The van der Waals surface area contributed by atoms with Crippen molar-refractivity contribution in [2.75, 3.05) is 0 Å². The van der Waals surface area contributed by atoms with Crippen molar-refractivity contribution in [1.82, 2.24) is 13.7 Å². The zero-order valence-corrected chi connectivity index (χ0v) is 15.2. The van der Waals surface area contributed by atoms with Crippen LogP contribution in [-0.4, -0.2) is 22.1 Å². The van der Waals surface area contributed by atoms with Crippen molar-refractivity contribution in [2.24, 2.45) is 0 Å². The smallest absolute Gasteiger partial charge is 0.232 e. The first kappa shape index (κ1) is 16.2. The highest BCUT2D eigenvalue weighted by Gasteiger charge is 2.32. The van der Waals surface area contributed by atoms with E-state index in [1.54, 1.807) is 41.1 Å². The molecule has 4 aromatic rings. The molecule has 27 heavy (non-hydrogen) atoms. The highest BCUT2D eigenvalue weighted by molar-refractivity contribution is 7.90. The zero-order chi connectivity index (χ0) is 18.6. The summed E-state index contributed by atoms with van der Waals surface area (Å²) in [6, 6.07) is 9.97. The second-order valence-corrected chi connectivity index (χ2v) is 8.58. The van der Waals surface area contributed by atoms with E-state index in [1.807, 2.05) is 0 Å². The Morgan fingerprint density at radius 2 is 1.85 bits per heavy atom. The van der Waals surface area contributed by atoms with Crippen molar-refractivity contribution in [1.29, 1.82) is 0 Å². The molecule has 5 rings (SSSR count). The quantitative estimate of drug-likeness (QED) is 0.541. The fourth-order valence-electron chi connectivity index (χ4n) is 3.86. The van der Waals surface area contributed by atoms with Crippen molar-refractivity contribution in [3.63, 3.8) is 0 Å². The summed E-state index contributed by atoms with van der Waals surface area (Å²) in [6.45, 7) is 0. The van der Waals surface area contributed by atoms with Gasteiger partial charge in [-0.2, -0.15) is 0 Å². The molecular weight excluding hydrogens is 368 g/mol. The lowest BCUT2D eigenvalue weighted by Crippen LogP contribution is -2.13. The summed E-state index contributed by atoms with van der Waals surface area (Å²) in [5, 5.41) is 0.581. The standard InChI is InChI=1S/C18H17N4O4S/c23-22-16-12-19-18-15(17(16)21(26-22)13-6-4-5-7-13)10-11-20(18)27(24,25)14-8-2-1-3-9-14/h1-3,8-13H,4-7H2/q+1. The van der Waals surface area contributed by atoms with E-state index in [4.69, 9.17) is 4.63 Å². The van der Waals surface area contributed by atoms with Crippen LogP contribution in [0.2, 0.25) is 0 Å². The molecule has 0 spiro atoms. The van der Waals surface area contributed by atoms with E-state index in [1.165, 1.54) is 12.4 Å². The summed E-state index contributed by atoms with van der Waals surface area (Å²) in [5.41, 5.74) is 1.16. The second kappa shape index (κ2) is 5.78. The largest absolute Gasteiger partial charge is 0.291 e. The van der Waals surface area contributed by atoms with Crippen molar-refractivity contribution in [2.45, 2.75) is 36.6 Å². The Morgan fingerprint density at radius 3 is 2.59 bits per heavy atom. The monoisotopic (exact) mass is 385 g/mol.